The fourth-order valence-corrected chi connectivity index (χ4v) is 3.13. The third-order valence-electron chi connectivity index (χ3n) is 4.25. The van der Waals surface area contributed by atoms with Gasteiger partial charge in [-0.05, 0) is 25.1 Å². The van der Waals surface area contributed by atoms with Gasteiger partial charge in [0.2, 0.25) is 5.91 Å². The number of pyridine rings is 1. The second-order valence-corrected chi connectivity index (χ2v) is 6.03. The van der Waals surface area contributed by atoms with Crippen LogP contribution in [0.3, 0.4) is 0 Å². The second-order valence-electron chi connectivity index (χ2n) is 6.03. The van der Waals surface area contributed by atoms with Crippen LogP contribution in [-0.4, -0.2) is 41.0 Å². The number of fused-ring (bicyclic) bond motifs is 2. The van der Waals surface area contributed by atoms with Crippen LogP contribution in [0.5, 0.6) is 0 Å². The standard InChI is InChI=1S/C19H19N5O3/c1-2-27-16(26)11-21-19-18(23-14-8-3-4-9-24(14)19)12-6-5-7-13-17(12)20-10-15(25)22-13/h3-9,20-21H,2,10-11H2,1H3,(H,22,25). The molecule has 4 rings (SSSR count). The Labute approximate surface area is 155 Å². The third-order valence-corrected chi connectivity index (χ3v) is 4.25. The van der Waals surface area contributed by atoms with Crippen molar-refractivity contribution in [1.29, 1.82) is 0 Å². The molecule has 1 aromatic carbocycles. The van der Waals surface area contributed by atoms with Crippen molar-refractivity contribution >= 4 is 34.7 Å². The van der Waals surface area contributed by atoms with E-state index >= 15 is 0 Å². The first-order chi connectivity index (χ1) is 13.2. The van der Waals surface area contributed by atoms with E-state index in [4.69, 9.17) is 9.72 Å². The number of amides is 1. The highest BCUT2D eigenvalue weighted by Gasteiger charge is 2.22. The summed E-state index contributed by atoms with van der Waals surface area (Å²) < 4.78 is 6.89. The van der Waals surface area contributed by atoms with Gasteiger partial charge in [-0.2, -0.15) is 0 Å². The molecule has 0 aliphatic carbocycles. The minimum Gasteiger partial charge on any atom is -0.465 e. The molecule has 27 heavy (non-hydrogen) atoms. The van der Waals surface area contributed by atoms with Crippen molar-refractivity contribution in [3.63, 3.8) is 0 Å². The smallest absolute Gasteiger partial charge is 0.325 e. The number of aromatic nitrogens is 2. The van der Waals surface area contributed by atoms with Crippen molar-refractivity contribution in [3.05, 3.63) is 42.6 Å². The highest BCUT2D eigenvalue weighted by Crippen LogP contribution is 2.39. The number of anilines is 3. The number of ether oxygens (including phenoxy) is 1. The number of carbonyl (C=O) groups is 2. The quantitative estimate of drug-likeness (QED) is 0.601. The topological polar surface area (TPSA) is 96.8 Å². The number of imidazole rings is 1. The third kappa shape index (κ3) is 3.17. The number of nitrogens with one attached hydrogen (secondary N) is 3. The molecule has 0 saturated carbocycles. The molecule has 0 fully saturated rings. The van der Waals surface area contributed by atoms with E-state index in [1.165, 1.54) is 0 Å². The fourth-order valence-electron chi connectivity index (χ4n) is 3.13. The minimum absolute atomic E-state index is 0.0305. The summed E-state index contributed by atoms with van der Waals surface area (Å²) in [5, 5.41) is 9.16. The van der Waals surface area contributed by atoms with Crippen LogP contribution in [0.4, 0.5) is 17.2 Å². The number of nitrogens with zero attached hydrogens (tertiary/aromatic N) is 2. The zero-order chi connectivity index (χ0) is 18.8. The Kier molecular flexibility index (Phi) is 4.37. The molecule has 8 heteroatoms. The first-order valence-corrected chi connectivity index (χ1v) is 8.71. The lowest BCUT2D eigenvalue weighted by molar-refractivity contribution is -0.140. The monoisotopic (exact) mass is 365 g/mol. The number of benzene rings is 1. The van der Waals surface area contributed by atoms with Crippen LogP contribution in [0.2, 0.25) is 0 Å². The van der Waals surface area contributed by atoms with E-state index in [-0.39, 0.29) is 25.0 Å². The van der Waals surface area contributed by atoms with Gasteiger partial charge < -0.3 is 20.7 Å². The molecule has 3 N–H and O–H groups in total. The molecule has 3 aromatic rings. The van der Waals surface area contributed by atoms with Gasteiger partial charge in [0.25, 0.3) is 0 Å². The summed E-state index contributed by atoms with van der Waals surface area (Å²) in [5.41, 5.74) is 3.78. The normalized spacial score (nSPS) is 12.9. The molecular formula is C19H19N5O3. The predicted molar refractivity (Wildman–Crippen MR) is 103 cm³/mol. The molecule has 0 bridgehead atoms. The lowest BCUT2D eigenvalue weighted by atomic mass is 10.1. The van der Waals surface area contributed by atoms with Crippen LogP contribution < -0.4 is 16.0 Å². The van der Waals surface area contributed by atoms with Crippen LogP contribution in [0.15, 0.2) is 42.6 Å². The van der Waals surface area contributed by atoms with Gasteiger partial charge in [0.1, 0.15) is 23.7 Å². The molecule has 0 saturated heterocycles. The summed E-state index contributed by atoms with van der Waals surface area (Å²) >= 11 is 0. The van der Waals surface area contributed by atoms with Crippen molar-refractivity contribution in [2.75, 3.05) is 35.6 Å². The van der Waals surface area contributed by atoms with E-state index in [1.807, 2.05) is 47.0 Å². The SMILES string of the molecule is CCOC(=O)CNc1c(-c2cccc3c2NCC(=O)N3)nc2ccccn12. The molecule has 1 aliphatic heterocycles. The molecule has 0 radical (unpaired) electrons. The average Bonchev–Trinajstić information content (AvgIpc) is 3.04. The molecule has 0 atom stereocenters. The summed E-state index contributed by atoms with van der Waals surface area (Å²) in [4.78, 5) is 28.2. The van der Waals surface area contributed by atoms with Crippen molar-refractivity contribution in [2.24, 2.45) is 0 Å². The second kappa shape index (κ2) is 6.99. The first-order valence-electron chi connectivity index (χ1n) is 8.71. The maximum atomic E-state index is 11.8. The minimum atomic E-state index is -0.338. The summed E-state index contributed by atoms with van der Waals surface area (Å²) in [6, 6.07) is 11.3. The summed E-state index contributed by atoms with van der Waals surface area (Å²) in [6.45, 7) is 2.33. The van der Waals surface area contributed by atoms with Crippen molar-refractivity contribution in [2.45, 2.75) is 6.92 Å². The van der Waals surface area contributed by atoms with Crippen molar-refractivity contribution in [3.8, 4) is 11.3 Å². The van der Waals surface area contributed by atoms with E-state index < -0.39 is 0 Å². The van der Waals surface area contributed by atoms with Crippen LogP contribution >= 0.6 is 0 Å². The highest BCUT2D eigenvalue weighted by atomic mass is 16.5. The van der Waals surface area contributed by atoms with E-state index in [0.717, 1.165) is 16.9 Å². The molecular weight excluding hydrogens is 346 g/mol. The van der Waals surface area contributed by atoms with Gasteiger partial charge in [-0.1, -0.05) is 18.2 Å². The van der Waals surface area contributed by atoms with Gasteiger partial charge in [0.15, 0.2) is 0 Å². The van der Waals surface area contributed by atoms with Gasteiger partial charge in [-0.25, -0.2) is 4.98 Å². The van der Waals surface area contributed by atoms with Crippen LogP contribution in [0, 0.1) is 0 Å². The molecule has 0 unspecified atom stereocenters. The Balaban J connectivity index is 1.80. The number of hydrogen-bond acceptors (Lipinski definition) is 6. The number of esters is 1. The lowest BCUT2D eigenvalue weighted by Crippen LogP contribution is -2.27. The largest absolute Gasteiger partial charge is 0.465 e. The molecule has 1 amide bonds. The van der Waals surface area contributed by atoms with Gasteiger partial charge in [0, 0.05) is 11.8 Å². The maximum Gasteiger partial charge on any atom is 0.325 e. The van der Waals surface area contributed by atoms with Gasteiger partial charge >= 0.3 is 5.97 Å². The van der Waals surface area contributed by atoms with Gasteiger partial charge in [-0.15, -0.1) is 0 Å². The predicted octanol–water partition coefficient (Wildman–Crippen LogP) is 2.34. The van der Waals surface area contributed by atoms with Gasteiger partial charge in [-0.3, -0.25) is 14.0 Å². The Morgan fingerprint density at radius 3 is 3.04 bits per heavy atom. The van der Waals surface area contributed by atoms with Crippen molar-refractivity contribution in [1.82, 2.24) is 9.38 Å². The zero-order valence-electron chi connectivity index (χ0n) is 14.8. The summed E-state index contributed by atoms with van der Waals surface area (Å²) in [6.07, 6.45) is 1.88. The summed E-state index contributed by atoms with van der Waals surface area (Å²) in [7, 11) is 0. The zero-order valence-corrected chi connectivity index (χ0v) is 14.8. The van der Waals surface area contributed by atoms with Crippen molar-refractivity contribution < 1.29 is 14.3 Å². The Morgan fingerprint density at radius 1 is 1.30 bits per heavy atom. The molecule has 2 aromatic heterocycles. The number of para-hydroxylation sites is 1. The van der Waals surface area contributed by atoms with Crippen LogP contribution in [-0.2, 0) is 14.3 Å². The van der Waals surface area contributed by atoms with E-state index in [2.05, 4.69) is 16.0 Å². The van der Waals surface area contributed by atoms with Gasteiger partial charge in [0.05, 0.1) is 24.5 Å². The molecule has 0 spiro atoms. The summed E-state index contributed by atoms with van der Waals surface area (Å²) in [5.74, 6) is 0.260. The molecule has 3 heterocycles. The maximum absolute atomic E-state index is 11.8. The van der Waals surface area contributed by atoms with E-state index in [9.17, 15) is 9.59 Å². The Bertz CT molecular complexity index is 1030. The molecule has 8 nitrogen and oxygen atoms in total. The number of carbonyl (C=O) groups excluding carboxylic acids is 2. The van der Waals surface area contributed by atoms with E-state index in [0.29, 0.717) is 23.8 Å². The fraction of sp³-hybridized carbons (Fsp3) is 0.211. The van der Waals surface area contributed by atoms with Crippen LogP contribution in [0.1, 0.15) is 6.92 Å². The Hall–Kier alpha value is -3.55. The number of hydrogen-bond donors (Lipinski definition) is 3. The lowest BCUT2D eigenvalue weighted by Gasteiger charge is -2.21. The van der Waals surface area contributed by atoms with Crippen LogP contribution in [0.25, 0.3) is 16.9 Å². The molecule has 138 valence electrons. The average molecular weight is 365 g/mol. The highest BCUT2D eigenvalue weighted by molar-refractivity contribution is 6.04. The Morgan fingerprint density at radius 2 is 2.19 bits per heavy atom. The molecule has 1 aliphatic rings. The first kappa shape index (κ1) is 16.9. The number of rotatable bonds is 5. The van der Waals surface area contributed by atoms with E-state index in [1.54, 1.807) is 6.92 Å².